The smallest absolute Gasteiger partial charge is 0.138 e. The lowest BCUT2D eigenvalue weighted by Crippen LogP contribution is -2.56. The van der Waals surface area contributed by atoms with Gasteiger partial charge in [-0.25, -0.2) is 0 Å². The van der Waals surface area contributed by atoms with Gasteiger partial charge in [-0.2, -0.15) is 0 Å². The van der Waals surface area contributed by atoms with E-state index in [9.17, 15) is 4.79 Å². The fourth-order valence-electron chi connectivity index (χ4n) is 5.73. The third-order valence-corrected chi connectivity index (χ3v) is 6.93. The van der Waals surface area contributed by atoms with Crippen molar-refractivity contribution >= 4 is 5.78 Å². The molecular formula is C18H29NO. The Morgan fingerprint density at radius 2 is 2.00 bits per heavy atom. The van der Waals surface area contributed by atoms with Crippen molar-refractivity contribution < 1.29 is 4.79 Å². The minimum absolute atomic E-state index is 0.161. The highest BCUT2D eigenvalue weighted by molar-refractivity contribution is 5.85. The van der Waals surface area contributed by atoms with Gasteiger partial charge < -0.3 is 5.73 Å². The van der Waals surface area contributed by atoms with Crippen LogP contribution in [0.1, 0.15) is 65.7 Å². The molecule has 20 heavy (non-hydrogen) atoms. The molecule has 112 valence electrons. The lowest BCUT2D eigenvalue weighted by Gasteiger charge is -2.60. The molecule has 3 rings (SSSR count). The van der Waals surface area contributed by atoms with Gasteiger partial charge in [-0.1, -0.05) is 32.4 Å². The Bertz CT molecular complexity index is 464. The molecule has 2 heteroatoms. The second-order valence-electron chi connectivity index (χ2n) is 8.15. The zero-order valence-corrected chi connectivity index (χ0v) is 13.3. The molecule has 0 amide bonds. The number of Topliss-reactive ketones (excluding diaryl/α,β-unsaturated/α-hetero) is 1. The molecule has 0 heterocycles. The molecule has 3 aliphatic carbocycles. The molecule has 0 aromatic carbocycles. The van der Waals surface area contributed by atoms with Crippen molar-refractivity contribution in [2.24, 2.45) is 27.9 Å². The molecule has 2 N–H and O–H groups in total. The van der Waals surface area contributed by atoms with Crippen LogP contribution in [0.3, 0.4) is 0 Å². The Labute approximate surface area is 123 Å². The SMILES string of the molecule is CC1(C)C(=O)CC[C@]2(C)C3=CCCC[C@]3(CN)CC[C@@H]12. The minimum Gasteiger partial charge on any atom is -0.330 e. The van der Waals surface area contributed by atoms with Gasteiger partial charge >= 0.3 is 0 Å². The summed E-state index contributed by atoms with van der Waals surface area (Å²) < 4.78 is 0. The number of ketones is 1. The molecule has 0 aromatic heterocycles. The second-order valence-corrected chi connectivity index (χ2v) is 8.15. The summed E-state index contributed by atoms with van der Waals surface area (Å²) in [5.74, 6) is 0.969. The molecule has 0 radical (unpaired) electrons. The summed E-state index contributed by atoms with van der Waals surface area (Å²) in [6, 6.07) is 0. The van der Waals surface area contributed by atoms with Crippen LogP contribution >= 0.6 is 0 Å². The highest BCUT2D eigenvalue weighted by Crippen LogP contribution is 2.64. The van der Waals surface area contributed by atoms with Crippen LogP contribution in [0.25, 0.3) is 0 Å². The van der Waals surface area contributed by atoms with Crippen molar-refractivity contribution in [2.75, 3.05) is 6.54 Å². The molecule has 0 bridgehead atoms. The van der Waals surface area contributed by atoms with E-state index in [0.29, 0.717) is 11.7 Å². The summed E-state index contributed by atoms with van der Waals surface area (Å²) in [5, 5.41) is 0. The fraction of sp³-hybridized carbons (Fsp3) is 0.833. The summed E-state index contributed by atoms with van der Waals surface area (Å²) in [6.45, 7) is 7.56. The molecule has 3 atom stereocenters. The zero-order chi connectivity index (χ0) is 14.6. The van der Waals surface area contributed by atoms with Crippen molar-refractivity contribution in [3.63, 3.8) is 0 Å². The predicted molar refractivity (Wildman–Crippen MR) is 82.3 cm³/mol. The summed E-state index contributed by atoms with van der Waals surface area (Å²) in [7, 11) is 0. The van der Waals surface area contributed by atoms with Crippen LogP contribution in [0.15, 0.2) is 11.6 Å². The van der Waals surface area contributed by atoms with Crippen LogP contribution in [0.5, 0.6) is 0 Å². The third-order valence-electron chi connectivity index (χ3n) is 6.93. The van der Waals surface area contributed by atoms with Gasteiger partial charge in [0.1, 0.15) is 5.78 Å². The first kappa shape index (κ1) is 14.3. The van der Waals surface area contributed by atoms with Crippen LogP contribution in [0, 0.1) is 22.2 Å². The summed E-state index contributed by atoms with van der Waals surface area (Å²) in [4.78, 5) is 12.4. The van der Waals surface area contributed by atoms with Crippen molar-refractivity contribution in [1.82, 2.24) is 0 Å². The highest BCUT2D eigenvalue weighted by atomic mass is 16.1. The van der Waals surface area contributed by atoms with E-state index >= 15 is 0 Å². The summed E-state index contributed by atoms with van der Waals surface area (Å²) >= 11 is 0. The quantitative estimate of drug-likeness (QED) is 0.739. The average Bonchev–Trinajstić information content (AvgIpc) is 2.43. The first-order chi connectivity index (χ1) is 9.37. The Morgan fingerprint density at radius 1 is 1.25 bits per heavy atom. The molecule has 0 saturated heterocycles. The van der Waals surface area contributed by atoms with E-state index in [1.54, 1.807) is 5.57 Å². The van der Waals surface area contributed by atoms with E-state index in [0.717, 1.165) is 19.4 Å². The molecule has 0 spiro atoms. The summed E-state index contributed by atoms with van der Waals surface area (Å²) in [6.07, 6.45) is 10.4. The highest BCUT2D eigenvalue weighted by Gasteiger charge is 2.58. The first-order valence-corrected chi connectivity index (χ1v) is 8.31. The zero-order valence-electron chi connectivity index (χ0n) is 13.3. The van der Waals surface area contributed by atoms with Crippen molar-refractivity contribution in [3.8, 4) is 0 Å². The lowest BCUT2D eigenvalue weighted by molar-refractivity contribution is -0.141. The Kier molecular flexibility index (Phi) is 3.17. The largest absolute Gasteiger partial charge is 0.330 e. The van der Waals surface area contributed by atoms with Gasteiger partial charge in [-0.3, -0.25) is 4.79 Å². The molecule has 2 fully saturated rings. The van der Waals surface area contributed by atoms with Gasteiger partial charge in [0, 0.05) is 23.8 Å². The maximum Gasteiger partial charge on any atom is 0.138 e. The average molecular weight is 275 g/mol. The number of carbonyl (C=O) groups excluding carboxylic acids is 1. The van der Waals surface area contributed by atoms with Gasteiger partial charge in [0.05, 0.1) is 0 Å². The monoisotopic (exact) mass is 275 g/mol. The maximum absolute atomic E-state index is 12.4. The van der Waals surface area contributed by atoms with Gasteiger partial charge in [0.2, 0.25) is 0 Å². The number of fused-ring (bicyclic) bond motifs is 3. The predicted octanol–water partition coefficient (Wildman–Crippen LogP) is 3.85. The van der Waals surface area contributed by atoms with E-state index in [4.69, 9.17) is 5.73 Å². The standard InChI is InChI=1S/C18H29NO/c1-16(2)13-7-11-18(12-19)9-5-4-6-14(18)17(13,3)10-8-15(16)20/h6,13H,4-5,7-12,19H2,1-3H3/t13-,17-,18+/m0/s1. The number of rotatable bonds is 1. The van der Waals surface area contributed by atoms with Crippen molar-refractivity contribution in [2.45, 2.75) is 65.7 Å². The van der Waals surface area contributed by atoms with Crippen LogP contribution in [0.2, 0.25) is 0 Å². The van der Waals surface area contributed by atoms with Gasteiger partial charge in [-0.15, -0.1) is 0 Å². The molecule has 3 aliphatic rings. The molecule has 2 saturated carbocycles. The molecule has 2 nitrogen and oxygen atoms in total. The summed E-state index contributed by atoms with van der Waals surface area (Å²) in [5.41, 5.74) is 8.13. The van der Waals surface area contributed by atoms with Crippen LogP contribution < -0.4 is 5.73 Å². The molecule has 0 unspecified atom stereocenters. The van der Waals surface area contributed by atoms with Gasteiger partial charge in [0.25, 0.3) is 0 Å². The fourth-order valence-corrected chi connectivity index (χ4v) is 5.73. The third kappa shape index (κ3) is 1.70. The van der Waals surface area contributed by atoms with Crippen LogP contribution in [-0.2, 0) is 4.79 Å². The maximum atomic E-state index is 12.4. The normalized spacial score (nSPS) is 43.5. The van der Waals surface area contributed by atoms with Crippen LogP contribution in [0.4, 0.5) is 0 Å². The minimum atomic E-state index is -0.161. The topological polar surface area (TPSA) is 43.1 Å². The Hall–Kier alpha value is -0.630. The van der Waals surface area contributed by atoms with E-state index in [2.05, 4.69) is 26.8 Å². The van der Waals surface area contributed by atoms with Gasteiger partial charge in [-0.05, 0) is 49.9 Å². The van der Waals surface area contributed by atoms with E-state index < -0.39 is 0 Å². The number of allylic oxidation sites excluding steroid dienone is 1. The van der Waals surface area contributed by atoms with Crippen LogP contribution in [-0.4, -0.2) is 12.3 Å². The van der Waals surface area contributed by atoms with Crippen molar-refractivity contribution in [3.05, 3.63) is 11.6 Å². The molecule has 0 aliphatic heterocycles. The number of hydrogen-bond donors (Lipinski definition) is 1. The molecular weight excluding hydrogens is 246 g/mol. The Balaban J connectivity index is 2.07. The Morgan fingerprint density at radius 3 is 2.70 bits per heavy atom. The first-order valence-electron chi connectivity index (χ1n) is 8.31. The molecule has 0 aromatic rings. The van der Waals surface area contributed by atoms with E-state index in [1.807, 2.05) is 0 Å². The number of hydrogen-bond acceptors (Lipinski definition) is 2. The number of nitrogens with two attached hydrogens (primary N) is 1. The van der Waals surface area contributed by atoms with E-state index in [-0.39, 0.29) is 16.2 Å². The number of carbonyl (C=O) groups is 1. The second kappa shape index (κ2) is 4.43. The van der Waals surface area contributed by atoms with Crippen molar-refractivity contribution in [1.29, 1.82) is 0 Å². The lowest BCUT2D eigenvalue weighted by atomic mass is 9.44. The van der Waals surface area contributed by atoms with Gasteiger partial charge in [0.15, 0.2) is 0 Å². The van der Waals surface area contributed by atoms with E-state index in [1.165, 1.54) is 32.1 Å².